The average molecular weight is 397 g/mol. The molecule has 1 aliphatic rings. The Morgan fingerprint density at radius 2 is 1.62 bits per heavy atom. The first kappa shape index (κ1) is 20.5. The maximum atomic E-state index is 12.4. The topological polar surface area (TPSA) is 71.1 Å². The quantitative estimate of drug-likeness (QED) is 0.742. The Kier molecular flexibility index (Phi) is 6.59. The van der Waals surface area contributed by atoms with Gasteiger partial charge in [-0.05, 0) is 55.8 Å². The number of amides is 2. The highest BCUT2D eigenvalue weighted by molar-refractivity contribution is 5.97. The van der Waals surface area contributed by atoms with E-state index in [0.29, 0.717) is 23.7 Å². The SMILES string of the molecule is CCN(CC)c1ccc(N(CC(=O)NCc2ccc3c(c2)OCO3)C(C)=O)cc1. The Morgan fingerprint density at radius 3 is 2.28 bits per heavy atom. The van der Waals surface area contributed by atoms with E-state index in [1.807, 2.05) is 42.5 Å². The van der Waals surface area contributed by atoms with Gasteiger partial charge in [-0.1, -0.05) is 6.07 Å². The zero-order chi connectivity index (χ0) is 20.8. The third-order valence-electron chi connectivity index (χ3n) is 4.90. The number of carbonyl (C=O) groups excluding carboxylic acids is 2. The predicted octanol–water partition coefficient (Wildman–Crippen LogP) is 2.93. The third-order valence-corrected chi connectivity index (χ3v) is 4.90. The van der Waals surface area contributed by atoms with Crippen molar-refractivity contribution in [3.05, 3.63) is 48.0 Å². The van der Waals surface area contributed by atoms with Crippen molar-refractivity contribution in [2.45, 2.75) is 27.3 Å². The van der Waals surface area contributed by atoms with Gasteiger partial charge in [0, 0.05) is 37.9 Å². The second-order valence-corrected chi connectivity index (χ2v) is 6.76. The maximum absolute atomic E-state index is 12.4. The second-order valence-electron chi connectivity index (χ2n) is 6.76. The summed E-state index contributed by atoms with van der Waals surface area (Å²) in [5.41, 5.74) is 2.70. The monoisotopic (exact) mass is 397 g/mol. The van der Waals surface area contributed by atoms with Crippen LogP contribution < -0.4 is 24.6 Å². The summed E-state index contributed by atoms with van der Waals surface area (Å²) in [6.07, 6.45) is 0. The molecular formula is C22H27N3O4. The third kappa shape index (κ3) is 4.99. The molecule has 7 nitrogen and oxygen atoms in total. The first-order chi connectivity index (χ1) is 14.0. The van der Waals surface area contributed by atoms with E-state index in [0.717, 1.165) is 24.3 Å². The van der Waals surface area contributed by atoms with Gasteiger partial charge in [0.1, 0.15) is 6.54 Å². The summed E-state index contributed by atoms with van der Waals surface area (Å²) in [5.74, 6) is 0.968. The van der Waals surface area contributed by atoms with E-state index in [2.05, 4.69) is 24.1 Å². The van der Waals surface area contributed by atoms with Crippen LogP contribution in [0.5, 0.6) is 11.5 Å². The number of fused-ring (bicyclic) bond motifs is 1. The van der Waals surface area contributed by atoms with Crippen LogP contribution in [0.4, 0.5) is 11.4 Å². The van der Waals surface area contributed by atoms with Gasteiger partial charge in [-0.3, -0.25) is 9.59 Å². The van der Waals surface area contributed by atoms with E-state index in [-0.39, 0.29) is 25.2 Å². The Labute approximate surface area is 171 Å². The van der Waals surface area contributed by atoms with Gasteiger partial charge in [-0.15, -0.1) is 0 Å². The highest BCUT2D eigenvalue weighted by atomic mass is 16.7. The van der Waals surface area contributed by atoms with E-state index in [9.17, 15) is 9.59 Å². The van der Waals surface area contributed by atoms with Crippen LogP contribution in [-0.4, -0.2) is 38.2 Å². The normalized spacial score (nSPS) is 11.8. The summed E-state index contributed by atoms with van der Waals surface area (Å²) in [5, 5.41) is 2.86. The molecule has 7 heteroatoms. The fraction of sp³-hybridized carbons (Fsp3) is 0.364. The first-order valence-corrected chi connectivity index (χ1v) is 9.80. The lowest BCUT2D eigenvalue weighted by Crippen LogP contribution is -2.39. The number of hydrogen-bond donors (Lipinski definition) is 1. The molecule has 154 valence electrons. The van der Waals surface area contributed by atoms with Gasteiger partial charge in [-0.25, -0.2) is 0 Å². The van der Waals surface area contributed by atoms with Crippen molar-refractivity contribution in [3.8, 4) is 11.5 Å². The van der Waals surface area contributed by atoms with Gasteiger partial charge in [-0.2, -0.15) is 0 Å². The number of anilines is 2. The van der Waals surface area contributed by atoms with Crippen molar-refractivity contribution in [3.63, 3.8) is 0 Å². The number of hydrogen-bond acceptors (Lipinski definition) is 5. The summed E-state index contributed by atoms with van der Waals surface area (Å²) in [4.78, 5) is 28.3. The van der Waals surface area contributed by atoms with Crippen molar-refractivity contribution < 1.29 is 19.1 Å². The number of benzene rings is 2. The average Bonchev–Trinajstić information content (AvgIpc) is 3.20. The standard InChI is InChI=1S/C22H27N3O4/c1-4-24(5-2)18-7-9-19(10-8-18)25(16(3)26)14-22(27)23-13-17-6-11-20-21(12-17)29-15-28-20/h6-12H,4-5,13-15H2,1-3H3,(H,23,27). The minimum Gasteiger partial charge on any atom is -0.454 e. The second kappa shape index (κ2) is 9.32. The van der Waals surface area contributed by atoms with Gasteiger partial charge in [0.2, 0.25) is 18.6 Å². The minimum absolute atomic E-state index is 0.0372. The molecule has 1 aliphatic heterocycles. The van der Waals surface area contributed by atoms with E-state index < -0.39 is 0 Å². The molecule has 29 heavy (non-hydrogen) atoms. The molecule has 0 saturated heterocycles. The van der Waals surface area contributed by atoms with Crippen LogP contribution in [0.1, 0.15) is 26.3 Å². The molecule has 3 rings (SSSR count). The number of nitrogens with one attached hydrogen (secondary N) is 1. The first-order valence-electron chi connectivity index (χ1n) is 9.80. The highest BCUT2D eigenvalue weighted by Crippen LogP contribution is 2.32. The van der Waals surface area contributed by atoms with E-state index in [1.165, 1.54) is 11.8 Å². The largest absolute Gasteiger partial charge is 0.454 e. The lowest BCUT2D eigenvalue weighted by Gasteiger charge is -2.24. The summed E-state index contributed by atoms with van der Waals surface area (Å²) in [6.45, 7) is 8.01. The molecule has 0 spiro atoms. The molecule has 0 radical (unpaired) electrons. The van der Waals surface area contributed by atoms with Crippen molar-refractivity contribution in [1.29, 1.82) is 0 Å². The molecule has 1 heterocycles. The van der Waals surface area contributed by atoms with Crippen LogP contribution >= 0.6 is 0 Å². The van der Waals surface area contributed by atoms with Gasteiger partial charge in [0.15, 0.2) is 11.5 Å². The zero-order valence-corrected chi connectivity index (χ0v) is 17.1. The van der Waals surface area contributed by atoms with Crippen LogP contribution in [0.3, 0.4) is 0 Å². The summed E-state index contributed by atoms with van der Waals surface area (Å²) in [7, 11) is 0. The lowest BCUT2D eigenvalue weighted by molar-refractivity contribution is -0.123. The Morgan fingerprint density at radius 1 is 0.966 bits per heavy atom. The lowest BCUT2D eigenvalue weighted by atomic mass is 10.2. The number of rotatable bonds is 8. The maximum Gasteiger partial charge on any atom is 0.240 e. The van der Waals surface area contributed by atoms with Crippen molar-refractivity contribution in [2.75, 3.05) is 36.2 Å². The fourth-order valence-electron chi connectivity index (χ4n) is 3.27. The summed E-state index contributed by atoms with van der Waals surface area (Å²) in [6, 6.07) is 13.2. The van der Waals surface area contributed by atoms with Crippen LogP contribution in [0.2, 0.25) is 0 Å². The molecule has 2 amide bonds. The molecule has 0 aromatic heterocycles. The van der Waals surface area contributed by atoms with Crippen molar-refractivity contribution in [2.24, 2.45) is 0 Å². The molecule has 0 unspecified atom stereocenters. The van der Waals surface area contributed by atoms with Gasteiger partial charge < -0.3 is 24.6 Å². The van der Waals surface area contributed by atoms with Crippen LogP contribution in [0.15, 0.2) is 42.5 Å². The molecule has 0 fully saturated rings. The summed E-state index contributed by atoms with van der Waals surface area (Å²) < 4.78 is 10.6. The van der Waals surface area contributed by atoms with Gasteiger partial charge in [0.05, 0.1) is 0 Å². The number of carbonyl (C=O) groups is 2. The van der Waals surface area contributed by atoms with Gasteiger partial charge >= 0.3 is 0 Å². The molecule has 0 aliphatic carbocycles. The zero-order valence-electron chi connectivity index (χ0n) is 17.1. The van der Waals surface area contributed by atoms with Crippen LogP contribution in [0.25, 0.3) is 0 Å². The Bertz CT molecular complexity index is 863. The molecule has 1 N–H and O–H groups in total. The Hall–Kier alpha value is -3.22. The fourth-order valence-corrected chi connectivity index (χ4v) is 3.27. The molecule has 0 bridgehead atoms. The Balaban J connectivity index is 1.61. The number of ether oxygens (including phenoxy) is 2. The van der Waals surface area contributed by atoms with E-state index in [4.69, 9.17) is 9.47 Å². The molecule has 0 atom stereocenters. The van der Waals surface area contributed by atoms with E-state index in [1.54, 1.807) is 0 Å². The molecule has 2 aromatic carbocycles. The van der Waals surface area contributed by atoms with Crippen LogP contribution in [0, 0.1) is 0 Å². The van der Waals surface area contributed by atoms with Crippen LogP contribution in [-0.2, 0) is 16.1 Å². The highest BCUT2D eigenvalue weighted by Gasteiger charge is 2.17. The molecule has 2 aromatic rings. The predicted molar refractivity (Wildman–Crippen MR) is 112 cm³/mol. The van der Waals surface area contributed by atoms with Crippen molar-refractivity contribution >= 4 is 23.2 Å². The summed E-state index contributed by atoms with van der Waals surface area (Å²) >= 11 is 0. The van der Waals surface area contributed by atoms with E-state index >= 15 is 0 Å². The molecule has 0 saturated carbocycles. The van der Waals surface area contributed by atoms with Crippen molar-refractivity contribution in [1.82, 2.24) is 5.32 Å². The number of nitrogens with zero attached hydrogens (tertiary/aromatic N) is 2. The minimum atomic E-state index is -0.231. The molecular weight excluding hydrogens is 370 g/mol. The van der Waals surface area contributed by atoms with Gasteiger partial charge in [0.25, 0.3) is 0 Å². The smallest absolute Gasteiger partial charge is 0.240 e.